The molecule has 6 heteroatoms. The van der Waals surface area contributed by atoms with Crippen molar-refractivity contribution in [2.45, 2.75) is 24.5 Å². The Morgan fingerprint density at radius 3 is 2.67 bits per heavy atom. The Kier molecular flexibility index (Phi) is 4.53. The summed E-state index contributed by atoms with van der Waals surface area (Å²) in [4.78, 5) is 11.4. The molecule has 1 aliphatic rings. The molecule has 0 aliphatic carbocycles. The van der Waals surface area contributed by atoms with E-state index in [1.54, 1.807) is 0 Å². The van der Waals surface area contributed by atoms with Crippen molar-refractivity contribution in [2.75, 3.05) is 26.1 Å². The highest BCUT2D eigenvalue weighted by molar-refractivity contribution is 7.92. The molecule has 0 amide bonds. The molecule has 0 spiro atoms. The lowest BCUT2D eigenvalue weighted by atomic mass is 10.2. The van der Waals surface area contributed by atoms with Crippen LogP contribution in [0.3, 0.4) is 0 Å². The van der Waals surface area contributed by atoms with Gasteiger partial charge in [-0.05, 0) is 12.8 Å². The molecule has 1 fully saturated rings. The Labute approximate surface area is 89.7 Å². The number of carbonyl (C=O) groups excluding carboxylic acids is 1. The zero-order valence-electron chi connectivity index (χ0n) is 8.77. The number of hydrogen-bond donors (Lipinski definition) is 0. The largest absolute Gasteiger partial charge is 0.462 e. The molecule has 1 saturated heterocycles. The Bertz CT molecular complexity index is 308. The first-order chi connectivity index (χ1) is 7.08. The van der Waals surface area contributed by atoms with Crippen LogP contribution in [0.25, 0.3) is 0 Å². The van der Waals surface area contributed by atoms with Crippen LogP contribution in [0, 0.1) is 0 Å². The second-order valence-corrected chi connectivity index (χ2v) is 5.81. The number of rotatable bonds is 4. The SMILES string of the molecule is COCCOC(=O)C1CCCCS1(=O)=O. The Morgan fingerprint density at radius 2 is 2.07 bits per heavy atom. The van der Waals surface area contributed by atoms with Crippen molar-refractivity contribution in [3.05, 3.63) is 0 Å². The summed E-state index contributed by atoms with van der Waals surface area (Å²) in [6, 6.07) is 0. The van der Waals surface area contributed by atoms with E-state index in [-0.39, 0.29) is 12.4 Å². The standard InChI is InChI=1S/C9H16O5S/c1-13-5-6-14-9(10)8-4-2-3-7-15(8,11)12/h8H,2-7H2,1H3. The van der Waals surface area contributed by atoms with Crippen molar-refractivity contribution in [1.82, 2.24) is 0 Å². The second-order valence-electron chi connectivity index (χ2n) is 3.51. The van der Waals surface area contributed by atoms with E-state index in [9.17, 15) is 13.2 Å². The molecule has 0 aromatic heterocycles. The number of esters is 1. The quantitative estimate of drug-likeness (QED) is 0.513. The van der Waals surface area contributed by atoms with Gasteiger partial charge in [0, 0.05) is 7.11 Å². The van der Waals surface area contributed by atoms with Crippen molar-refractivity contribution in [2.24, 2.45) is 0 Å². The summed E-state index contributed by atoms with van der Waals surface area (Å²) in [7, 11) is -1.78. The summed E-state index contributed by atoms with van der Waals surface area (Å²) >= 11 is 0. The Hall–Kier alpha value is -0.620. The average molecular weight is 236 g/mol. The number of ether oxygens (including phenoxy) is 2. The highest BCUT2D eigenvalue weighted by atomic mass is 32.2. The van der Waals surface area contributed by atoms with E-state index < -0.39 is 21.1 Å². The molecule has 1 aliphatic heterocycles. The molecule has 0 aromatic rings. The summed E-state index contributed by atoms with van der Waals surface area (Å²) in [6.45, 7) is 0.403. The van der Waals surface area contributed by atoms with Gasteiger partial charge in [-0.3, -0.25) is 4.79 Å². The lowest BCUT2D eigenvalue weighted by molar-refractivity contribution is -0.144. The van der Waals surface area contributed by atoms with Crippen molar-refractivity contribution in [1.29, 1.82) is 0 Å². The third kappa shape index (κ3) is 3.46. The molecule has 0 saturated carbocycles. The predicted octanol–water partition coefficient (Wildman–Crippen LogP) is 0.143. The van der Waals surface area contributed by atoms with Crippen LogP contribution in [-0.4, -0.2) is 45.7 Å². The lowest BCUT2D eigenvalue weighted by Crippen LogP contribution is -2.37. The molecule has 1 rings (SSSR count). The molecule has 1 heterocycles. The minimum Gasteiger partial charge on any atom is -0.462 e. The molecule has 0 radical (unpaired) electrons. The number of carbonyl (C=O) groups is 1. The average Bonchev–Trinajstić information content (AvgIpc) is 2.17. The van der Waals surface area contributed by atoms with E-state index in [0.717, 1.165) is 6.42 Å². The maximum atomic E-state index is 11.5. The third-order valence-electron chi connectivity index (χ3n) is 2.37. The van der Waals surface area contributed by atoms with Crippen molar-refractivity contribution >= 4 is 15.8 Å². The number of methoxy groups -OCH3 is 1. The topological polar surface area (TPSA) is 69.7 Å². The predicted molar refractivity (Wildman–Crippen MR) is 54.3 cm³/mol. The van der Waals surface area contributed by atoms with Crippen LogP contribution in [-0.2, 0) is 24.1 Å². The molecular formula is C9H16O5S. The van der Waals surface area contributed by atoms with Crippen molar-refractivity contribution < 1.29 is 22.7 Å². The molecular weight excluding hydrogens is 220 g/mol. The first-order valence-electron chi connectivity index (χ1n) is 4.95. The van der Waals surface area contributed by atoms with E-state index in [1.807, 2.05) is 0 Å². The zero-order chi connectivity index (χ0) is 11.3. The van der Waals surface area contributed by atoms with Crippen LogP contribution >= 0.6 is 0 Å². The summed E-state index contributed by atoms with van der Waals surface area (Å²) in [5, 5.41) is -0.955. The fraction of sp³-hybridized carbons (Fsp3) is 0.889. The van der Waals surface area contributed by atoms with Crippen LogP contribution in [0.5, 0.6) is 0 Å². The summed E-state index contributed by atoms with van der Waals surface area (Å²) in [5.74, 6) is -0.538. The minimum atomic E-state index is -3.28. The van der Waals surface area contributed by atoms with Gasteiger partial charge >= 0.3 is 5.97 Å². The van der Waals surface area contributed by atoms with Crippen molar-refractivity contribution in [3.8, 4) is 0 Å². The molecule has 0 bridgehead atoms. The van der Waals surface area contributed by atoms with E-state index in [0.29, 0.717) is 19.4 Å². The first kappa shape index (κ1) is 12.4. The molecule has 1 unspecified atom stereocenters. The molecule has 88 valence electrons. The first-order valence-corrected chi connectivity index (χ1v) is 6.66. The van der Waals surface area contributed by atoms with Gasteiger partial charge in [-0.25, -0.2) is 8.42 Å². The summed E-state index contributed by atoms with van der Waals surface area (Å²) in [5.41, 5.74) is 0. The van der Waals surface area contributed by atoms with Gasteiger partial charge in [0.05, 0.1) is 12.4 Å². The molecule has 5 nitrogen and oxygen atoms in total. The zero-order valence-corrected chi connectivity index (χ0v) is 9.59. The number of sulfone groups is 1. The smallest absolute Gasteiger partial charge is 0.324 e. The molecule has 0 N–H and O–H groups in total. The summed E-state index contributed by atoms with van der Waals surface area (Å²) in [6.07, 6.45) is 1.79. The van der Waals surface area contributed by atoms with Crippen LogP contribution in [0.4, 0.5) is 0 Å². The van der Waals surface area contributed by atoms with Gasteiger partial charge in [-0.15, -0.1) is 0 Å². The molecule has 1 atom stereocenters. The Balaban J connectivity index is 2.50. The van der Waals surface area contributed by atoms with Crippen LogP contribution in [0.15, 0.2) is 0 Å². The van der Waals surface area contributed by atoms with Crippen molar-refractivity contribution in [3.63, 3.8) is 0 Å². The highest BCUT2D eigenvalue weighted by Crippen LogP contribution is 2.20. The van der Waals surface area contributed by atoms with E-state index in [2.05, 4.69) is 0 Å². The monoisotopic (exact) mass is 236 g/mol. The summed E-state index contributed by atoms with van der Waals surface area (Å²) < 4.78 is 32.6. The fourth-order valence-corrected chi connectivity index (χ4v) is 3.32. The van der Waals surface area contributed by atoms with Crippen LogP contribution < -0.4 is 0 Å². The van der Waals surface area contributed by atoms with Crippen LogP contribution in [0.2, 0.25) is 0 Å². The lowest BCUT2D eigenvalue weighted by Gasteiger charge is -2.20. The minimum absolute atomic E-state index is 0.0943. The highest BCUT2D eigenvalue weighted by Gasteiger charge is 2.35. The van der Waals surface area contributed by atoms with E-state index >= 15 is 0 Å². The van der Waals surface area contributed by atoms with Crippen LogP contribution in [0.1, 0.15) is 19.3 Å². The van der Waals surface area contributed by atoms with E-state index in [1.165, 1.54) is 7.11 Å². The van der Waals surface area contributed by atoms with Gasteiger partial charge in [0.25, 0.3) is 0 Å². The normalized spacial score (nSPS) is 24.7. The molecule has 15 heavy (non-hydrogen) atoms. The third-order valence-corrected chi connectivity index (χ3v) is 4.53. The van der Waals surface area contributed by atoms with E-state index in [4.69, 9.17) is 9.47 Å². The molecule has 0 aromatic carbocycles. The van der Waals surface area contributed by atoms with Gasteiger partial charge in [0.15, 0.2) is 15.1 Å². The van der Waals surface area contributed by atoms with Gasteiger partial charge < -0.3 is 9.47 Å². The fourth-order valence-electron chi connectivity index (χ4n) is 1.54. The second kappa shape index (κ2) is 5.46. The van der Waals surface area contributed by atoms with Gasteiger partial charge in [0.2, 0.25) is 0 Å². The van der Waals surface area contributed by atoms with Gasteiger partial charge in [-0.2, -0.15) is 0 Å². The number of hydrogen-bond acceptors (Lipinski definition) is 5. The van der Waals surface area contributed by atoms with Gasteiger partial charge in [0.1, 0.15) is 6.61 Å². The Morgan fingerprint density at radius 1 is 1.33 bits per heavy atom. The maximum absolute atomic E-state index is 11.5. The van der Waals surface area contributed by atoms with Gasteiger partial charge in [-0.1, -0.05) is 6.42 Å². The maximum Gasteiger partial charge on any atom is 0.324 e.